The quantitative estimate of drug-likeness (QED) is 0.767. The number of aromatic carboxylic acids is 1. The summed E-state index contributed by atoms with van der Waals surface area (Å²) in [4.78, 5) is 10.8. The summed E-state index contributed by atoms with van der Waals surface area (Å²) in [6.45, 7) is 0.483. The largest absolute Gasteiger partial charge is 0.478 e. The van der Waals surface area contributed by atoms with Crippen molar-refractivity contribution >= 4 is 32.8 Å². The molecular weight excluding hydrogens is 337 g/mol. The molecule has 0 spiro atoms. The number of carbonyl (C=O) groups is 1. The molecule has 0 bridgehead atoms. The Morgan fingerprint density at radius 1 is 1.24 bits per heavy atom. The Labute approximate surface area is 128 Å². The zero-order valence-corrected chi connectivity index (χ0v) is 12.5. The summed E-state index contributed by atoms with van der Waals surface area (Å²) >= 11 is 3.49. The number of carboxylic acid groups (broad SMARTS) is 1. The number of aromatic nitrogens is 1. The maximum atomic E-state index is 13.7. The number of halogens is 2. The number of nitrogens with zero attached hydrogens (tertiary/aromatic N) is 1. The summed E-state index contributed by atoms with van der Waals surface area (Å²) in [6, 6.07) is 12.1. The van der Waals surface area contributed by atoms with Crippen LogP contribution in [0.15, 0.2) is 53.1 Å². The average molecular weight is 348 g/mol. The molecule has 106 valence electrons. The molecule has 21 heavy (non-hydrogen) atoms. The molecule has 0 aliphatic rings. The van der Waals surface area contributed by atoms with Crippen molar-refractivity contribution in [1.82, 2.24) is 4.57 Å². The van der Waals surface area contributed by atoms with E-state index in [1.54, 1.807) is 6.07 Å². The summed E-state index contributed by atoms with van der Waals surface area (Å²) in [5.41, 5.74) is 1.45. The van der Waals surface area contributed by atoms with Crippen molar-refractivity contribution in [2.75, 3.05) is 0 Å². The highest BCUT2D eigenvalue weighted by Crippen LogP contribution is 2.25. The molecule has 5 heteroatoms. The first-order valence-electron chi connectivity index (χ1n) is 6.31. The summed E-state index contributed by atoms with van der Waals surface area (Å²) < 4.78 is 16.7. The summed E-state index contributed by atoms with van der Waals surface area (Å²) in [5.74, 6) is -1.97. The third-order valence-electron chi connectivity index (χ3n) is 3.38. The lowest BCUT2D eigenvalue weighted by Gasteiger charge is -2.07. The summed E-state index contributed by atoms with van der Waals surface area (Å²) in [7, 11) is 0. The molecule has 0 fully saturated rings. The normalized spacial score (nSPS) is 11.0. The van der Waals surface area contributed by atoms with Crippen LogP contribution in [0.3, 0.4) is 0 Å². The van der Waals surface area contributed by atoms with E-state index in [0.717, 1.165) is 20.9 Å². The maximum absolute atomic E-state index is 13.7. The van der Waals surface area contributed by atoms with Crippen LogP contribution in [0.2, 0.25) is 0 Å². The number of rotatable bonds is 3. The minimum absolute atomic E-state index is 0.307. The molecule has 3 aromatic rings. The van der Waals surface area contributed by atoms with Crippen LogP contribution in [-0.2, 0) is 6.54 Å². The number of fused-ring (bicyclic) bond motifs is 1. The molecule has 0 aliphatic carbocycles. The molecule has 0 aliphatic heterocycles. The van der Waals surface area contributed by atoms with Gasteiger partial charge in [0.25, 0.3) is 0 Å². The van der Waals surface area contributed by atoms with Gasteiger partial charge in [0, 0.05) is 28.1 Å². The van der Waals surface area contributed by atoms with E-state index in [9.17, 15) is 9.18 Å². The number of hydrogen-bond donors (Lipinski definition) is 1. The molecule has 0 radical (unpaired) electrons. The van der Waals surface area contributed by atoms with Gasteiger partial charge in [-0.15, -0.1) is 0 Å². The van der Waals surface area contributed by atoms with Gasteiger partial charge >= 0.3 is 5.97 Å². The monoisotopic (exact) mass is 347 g/mol. The van der Waals surface area contributed by atoms with Gasteiger partial charge in [-0.25, -0.2) is 9.18 Å². The highest BCUT2D eigenvalue weighted by Gasteiger charge is 2.11. The molecule has 3 rings (SSSR count). The Balaban J connectivity index is 1.97. The zero-order chi connectivity index (χ0) is 15.0. The molecule has 2 aromatic carbocycles. The molecule has 3 nitrogen and oxygen atoms in total. The van der Waals surface area contributed by atoms with Crippen molar-refractivity contribution in [1.29, 1.82) is 0 Å². The van der Waals surface area contributed by atoms with Gasteiger partial charge in [0.15, 0.2) is 0 Å². The summed E-state index contributed by atoms with van der Waals surface area (Å²) in [5, 5.41) is 9.92. The first kappa shape index (κ1) is 13.8. The van der Waals surface area contributed by atoms with Crippen LogP contribution >= 0.6 is 15.9 Å². The fourth-order valence-corrected chi connectivity index (χ4v) is 2.84. The van der Waals surface area contributed by atoms with Gasteiger partial charge in [-0.2, -0.15) is 0 Å². The van der Waals surface area contributed by atoms with E-state index in [-0.39, 0.29) is 5.56 Å². The second-order valence-electron chi connectivity index (χ2n) is 4.74. The van der Waals surface area contributed by atoms with E-state index in [1.807, 2.05) is 35.0 Å². The van der Waals surface area contributed by atoms with E-state index >= 15 is 0 Å². The second-order valence-corrected chi connectivity index (χ2v) is 5.59. The van der Waals surface area contributed by atoms with Gasteiger partial charge in [0.05, 0.1) is 5.56 Å². The predicted octanol–water partition coefficient (Wildman–Crippen LogP) is 4.29. The van der Waals surface area contributed by atoms with Crippen LogP contribution in [-0.4, -0.2) is 15.6 Å². The number of carboxylic acids is 1. The minimum atomic E-state index is -1.26. The van der Waals surface area contributed by atoms with Crippen LogP contribution in [0.4, 0.5) is 4.39 Å². The number of hydrogen-bond acceptors (Lipinski definition) is 1. The van der Waals surface area contributed by atoms with Gasteiger partial charge in [-0.1, -0.05) is 28.1 Å². The standard InChI is InChI=1S/C16H11BrFNO2/c17-13-2-1-3-15-11(13)6-7-19(15)9-10-4-5-12(16(20)21)14(18)8-10/h1-8H,9H2,(H,20,21). The van der Waals surface area contributed by atoms with Crippen molar-refractivity contribution in [2.24, 2.45) is 0 Å². The van der Waals surface area contributed by atoms with Crippen LogP contribution in [0.1, 0.15) is 15.9 Å². The van der Waals surface area contributed by atoms with Crippen LogP contribution in [0.5, 0.6) is 0 Å². The first-order chi connectivity index (χ1) is 10.1. The summed E-state index contributed by atoms with van der Waals surface area (Å²) in [6.07, 6.45) is 1.93. The molecule has 0 atom stereocenters. The lowest BCUT2D eigenvalue weighted by atomic mass is 10.1. The molecule has 0 saturated carbocycles. The van der Waals surface area contributed by atoms with E-state index in [1.165, 1.54) is 12.1 Å². The molecule has 0 saturated heterocycles. The third-order valence-corrected chi connectivity index (χ3v) is 4.07. The van der Waals surface area contributed by atoms with Crippen LogP contribution in [0.25, 0.3) is 10.9 Å². The van der Waals surface area contributed by atoms with Crippen molar-refractivity contribution in [3.63, 3.8) is 0 Å². The van der Waals surface area contributed by atoms with E-state index in [2.05, 4.69) is 15.9 Å². The lowest BCUT2D eigenvalue weighted by Crippen LogP contribution is -2.03. The second kappa shape index (κ2) is 5.33. The Morgan fingerprint density at radius 2 is 2.05 bits per heavy atom. The van der Waals surface area contributed by atoms with E-state index in [0.29, 0.717) is 6.54 Å². The molecule has 0 unspecified atom stereocenters. The third kappa shape index (κ3) is 2.56. The Kier molecular flexibility index (Phi) is 3.51. The minimum Gasteiger partial charge on any atom is -0.478 e. The maximum Gasteiger partial charge on any atom is 0.338 e. The smallest absolute Gasteiger partial charge is 0.338 e. The Hall–Kier alpha value is -2.14. The molecular formula is C16H11BrFNO2. The molecule has 1 aromatic heterocycles. The average Bonchev–Trinajstić information content (AvgIpc) is 2.83. The van der Waals surface area contributed by atoms with Crippen molar-refractivity contribution in [3.05, 3.63) is 70.1 Å². The topological polar surface area (TPSA) is 42.2 Å². The first-order valence-corrected chi connectivity index (χ1v) is 7.10. The number of benzene rings is 2. The highest BCUT2D eigenvalue weighted by atomic mass is 79.9. The van der Waals surface area contributed by atoms with Gasteiger partial charge in [0.2, 0.25) is 0 Å². The van der Waals surface area contributed by atoms with Crippen molar-refractivity contribution in [3.8, 4) is 0 Å². The fourth-order valence-electron chi connectivity index (χ4n) is 2.35. The van der Waals surface area contributed by atoms with Crippen molar-refractivity contribution < 1.29 is 14.3 Å². The van der Waals surface area contributed by atoms with Crippen LogP contribution < -0.4 is 0 Å². The molecule has 0 amide bonds. The lowest BCUT2D eigenvalue weighted by molar-refractivity contribution is 0.0692. The molecule has 1 N–H and O–H groups in total. The van der Waals surface area contributed by atoms with Gasteiger partial charge in [-0.3, -0.25) is 0 Å². The van der Waals surface area contributed by atoms with E-state index in [4.69, 9.17) is 5.11 Å². The zero-order valence-electron chi connectivity index (χ0n) is 10.9. The fraction of sp³-hybridized carbons (Fsp3) is 0.0625. The Morgan fingerprint density at radius 3 is 2.76 bits per heavy atom. The highest BCUT2D eigenvalue weighted by molar-refractivity contribution is 9.10. The molecule has 1 heterocycles. The van der Waals surface area contributed by atoms with Gasteiger partial charge < -0.3 is 9.67 Å². The van der Waals surface area contributed by atoms with Crippen LogP contribution in [0, 0.1) is 5.82 Å². The van der Waals surface area contributed by atoms with Gasteiger partial charge in [0.1, 0.15) is 5.82 Å². The SMILES string of the molecule is O=C(O)c1ccc(Cn2ccc3c(Br)cccc32)cc1F. The van der Waals surface area contributed by atoms with E-state index < -0.39 is 11.8 Å². The Bertz CT molecular complexity index is 841. The predicted molar refractivity (Wildman–Crippen MR) is 82.1 cm³/mol. The van der Waals surface area contributed by atoms with Gasteiger partial charge in [-0.05, 0) is 35.9 Å². The van der Waals surface area contributed by atoms with Crippen molar-refractivity contribution in [2.45, 2.75) is 6.54 Å².